The van der Waals surface area contributed by atoms with Gasteiger partial charge >= 0.3 is 0 Å². The Kier molecular flexibility index (Phi) is 5.15. The summed E-state index contributed by atoms with van der Waals surface area (Å²) in [7, 11) is 0. The van der Waals surface area contributed by atoms with Crippen LogP contribution in [-0.4, -0.2) is 16.1 Å². The summed E-state index contributed by atoms with van der Waals surface area (Å²) < 4.78 is 0. The highest BCUT2D eigenvalue weighted by molar-refractivity contribution is 6.42. The van der Waals surface area contributed by atoms with Crippen molar-refractivity contribution in [3.8, 4) is 22.4 Å². The number of carbonyl (C=O) groups is 1. The second-order valence-electron chi connectivity index (χ2n) is 6.19. The Bertz CT molecular complexity index is 1120. The van der Waals surface area contributed by atoms with E-state index in [-0.39, 0.29) is 5.91 Å². The van der Waals surface area contributed by atoms with Crippen LogP contribution in [0.4, 0.5) is 5.69 Å². The Morgan fingerprint density at radius 1 is 0.786 bits per heavy atom. The van der Waals surface area contributed by atoms with Gasteiger partial charge in [-0.2, -0.15) is 5.10 Å². The molecule has 28 heavy (non-hydrogen) atoms. The molecule has 1 amide bonds. The maximum absolute atomic E-state index is 12.5. The molecule has 0 radical (unpaired) electrons. The van der Waals surface area contributed by atoms with Gasteiger partial charge in [-0.25, -0.2) is 0 Å². The number of nitrogens with zero attached hydrogens (tertiary/aromatic N) is 1. The van der Waals surface area contributed by atoms with E-state index in [2.05, 4.69) is 15.5 Å². The minimum Gasteiger partial charge on any atom is -0.321 e. The maximum Gasteiger partial charge on any atom is 0.273 e. The molecule has 138 valence electrons. The zero-order valence-corrected chi connectivity index (χ0v) is 16.1. The summed E-state index contributed by atoms with van der Waals surface area (Å²) >= 11 is 12.0. The number of benzene rings is 3. The molecule has 0 aliphatic carbocycles. The summed E-state index contributed by atoms with van der Waals surface area (Å²) in [6, 6.07) is 24.6. The van der Waals surface area contributed by atoms with Crippen molar-refractivity contribution in [1.82, 2.24) is 10.2 Å². The number of aromatic nitrogens is 2. The Morgan fingerprint density at radius 3 is 2.18 bits per heavy atom. The number of amides is 1. The van der Waals surface area contributed by atoms with Crippen LogP contribution in [0.5, 0.6) is 0 Å². The van der Waals surface area contributed by atoms with Crippen LogP contribution in [0.25, 0.3) is 22.4 Å². The van der Waals surface area contributed by atoms with E-state index in [1.54, 1.807) is 24.3 Å². The summed E-state index contributed by atoms with van der Waals surface area (Å²) in [4.78, 5) is 12.5. The van der Waals surface area contributed by atoms with E-state index >= 15 is 0 Å². The number of anilines is 1. The van der Waals surface area contributed by atoms with Crippen molar-refractivity contribution in [2.24, 2.45) is 0 Å². The van der Waals surface area contributed by atoms with E-state index in [0.29, 0.717) is 27.1 Å². The van der Waals surface area contributed by atoms with Crippen LogP contribution in [0.15, 0.2) is 78.9 Å². The lowest BCUT2D eigenvalue weighted by molar-refractivity contribution is 0.102. The molecule has 0 spiro atoms. The Labute approximate surface area is 172 Å². The number of carbonyl (C=O) groups excluding carboxylic acids is 1. The minimum absolute atomic E-state index is 0.272. The molecule has 0 saturated carbocycles. The number of hydrogen-bond acceptors (Lipinski definition) is 2. The molecule has 0 fully saturated rings. The van der Waals surface area contributed by atoms with Crippen molar-refractivity contribution in [2.45, 2.75) is 0 Å². The summed E-state index contributed by atoms with van der Waals surface area (Å²) in [6.45, 7) is 0. The van der Waals surface area contributed by atoms with Gasteiger partial charge < -0.3 is 5.32 Å². The molecular formula is C22H15Cl2N3O. The standard InChI is InChI=1S/C22H15Cl2N3O/c23-18-11-8-16(12-19(18)24)20-13-21(27-26-20)22(28)25-17-9-6-15(7-10-17)14-4-2-1-3-5-14/h1-13H,(H,25,28)(H,26,27). The van der Waals surface area contributed by atoms with Crippen LogP contribution in [0.1, 0.15) is 10.5 Å². The van der Waals surface area contributed by atoms with Crippen LogP contribution in [0.3, 0.4) is 0 Å². The topological polar surface area (TPSA) is 57.8 Å². The van der Waals surface area contributed by atoms with Crippen LogP contribution >= 0.6 is 23.2 Å². The number of hydrogen-bond donors (Lipinski definition) is 2. The molecule has 4 nitrogen and oxygen atoms in total. The van der Waals surface area contributed by atoms with Crippen LogP contribution in [0, 0.1) is 0 Å². The van der Waals surface area contributed by atoms with Crippen LogP contribution in [0.2, 0.25) is 10.0 Å². The third kappa shape index (κ3) is 3.93. The summed E-state index contributed by atoms with van der Waals surface area (Å²) in [6.07, 6.45) is 0. The molecule has 4 rings (SSSR count). The molecule has 0 bridgehead atoms. The highest BCUT2D eigenvalue weighted by Gasteiger charge is 2.12. The third-order valence-corrected chi connectivity index (χ3v) is 5.03. The highest BCUT2D eigenvalue weighted by atomic mass is 35.5. The van der Waals surface area contributed by atoms with Gasteiger partial charge in [-0.05, 0) is 41.5 Å². The molecule has 1 aromatic heterocycles. The quantitative estimate of drug-likeness (QED) is 0.416. The van der Waals surface area contributed by atoms with Crippen molar-refractivity contribution in [1.29, 1.82) is 0 Å². The Morgan fingerprint density at radius 2 is 1.46 bits per heavy atom. The molecule has 6 heteroatoms. The maximum atomic E-state index is 12.5. The lowest BCUT2D eigenvalue weighted by Gasteiger charge is -2.06. The Hall–Kier alpha value is -3.08. The molecule has 0 unspecified atom stereocenters. The van der Waals surface area contributed by atoms with Gasteiger partial charge in [0.1, 0.15) is 5.69 Å². The van der Waals surface area contributed by atoms with E-state index in [9.17, 15) is 4.79 Å². The molecule has 3 aromatic carbocycles. The van der Waals surface area contributed by atoms with Crippen molar-refractivity contribution in [3.63, 3.8) is 0 Å². The van der Waals surface area contributed by atoms with E-state index in [0.717, 1.165) is 16.7 Å². The summed E-state index contributed by atoms with van der Waals surface area (Å²) in [5.74, 6) is -0.272. The normalized spacial score (nSPS) is 10.6. The fourth-order valence-corrected chi connectivity index (χ4v) is 3.11. The molecule has 0 aliphatic rings. The number of aromatic amines is 1. The van der Waals surface area contributed by atoms with Gasteiger partial charge in [0.15, 0.2) is 0 Å². The van der Waals surface area contributed by atoms with Crippen molar-refractivity contribution in [3.05, 3.63) is 94.6 Å². The first-order valence-corrected chi connectivity index (χ1v) is 9.33. The fourth-order valence-electron chi connectivity index (χ4n) is 2.82. The molecule has 1 heterocycles. The smallest absolute Gasteiger partial charge is 0.273 e. The van der Waals surface area contributed by atoms with Gasteiger partial charge in [0.25, 0.3) is 5.91 Å². The van der Waals surface area contributed by atoms with E-state index < -0.39 is 0 Å². The van der Waals surface area contributed by atoms with Gasteiger partial charge in [0.05, 0.1) is 15.7 Å². The SMILES string of the molecule is O=C(Nc1ccc(-c2ccccc2)cc1)c1cc(-c2ccc(Cl)c(Cl)c2)n[nH]1. The average Bonchev–Trinajstić information content (AvgIpc) is 3.22. The van der Waals surface area contributed by atoms with Gasteiger partial charge in [0.2, 0.25) is 0 Å². The monoisotopic (exact) mass is 407 g/mol. The lowest BCUT2D eigenvalue weighted by Crippen LogP contribution is -2.12. The first-order chi connectivity index (χ1) is 13.6. The van der Waals surface area contributed by atoms with Gasteiger partial charge in [-0.15, -0.1) is 0 Å². The molecule has 0 aliphatic heterocycles. The van der Waals surface area contributed by atoms with Gasteiger partial charge in [-0.3, -0.25) is 9.89 Å². The van der Waals surface area contributed by atoms with Crippen molar-refractivity contribution >= 4 is 34.8 Å². The first kappa shape index (κ1) is 18.3. The lowest BCUT2D eigenvalue weighted by atomic mass is 10.1. The zero-order valence-electron chi connectivity index (χ0n) is 14.6. The zero-order chi connectivity index (χ0) is 19.5. The van der Waals surface area contributed by atoms with E-state index in [1.807, 2.05) is 54.6 Å². The van der Waals surface area contributed by atoms with Gasteiger partial charge in [0, 0.05) is 11.3 Å². The predicted molar refractivity (Wildman–Crippen MR) is 114 cm³/mol. The molecular weight excluding hydrogens is 393 g/mol. The highest BCUT2D eigenvalue weighted by Crippen LogP contribution is 2.28. The second kappa shape index (κ2) is 7.89. The van der Waals surface area contributed by atoms with E-state index in [1.165, 1.54) is 0 Å². The van der Waals surface area contributed by atoms with Gasteiger partial charge in [-0.1, -0.05) is 71.7 Å². The number of halogens is 2. The molecule has 0 saturated heterocycles. The van der Waals surface area contributed by atoms with Crippen molar-refractivity contribution in [2.75, 3.05) is 5.32 Å². The first-order valence-electron chi connectivity index (χ1n) is 8.58. The van der Waals surface area contributed by atoms with E-state index in [4.69, 9.17) is 23.2 Å². The van der Waals surface area contributed by atoms with Crippen LogP contribution < -0.4 is 5.32 Å². The Balaban J connectivity index is 1.48. The molecule has 2 N–H and O–H groups in total. The average molecular weight is 408 g/mol. The molecule has 0 atom stereocenters. The predicted octanol–water partition coefficient (Wildman–Crippen LogP) is 6.30. The third-order valence-electron chi connectivity index (χ3n) is 4.29. The fraction of sp³-hybridized carbons (Fsp3) is 0. The molecule has 4 aromatic rings. The minimum atomic E-state index is -0.272. The largest absolute Gasteiger partial charge is 0.321 e. The number of rotatable bonds is 4. The van der Waals surface area contributed by atoms with Crippen LogP contribution in [-0.2, 0) is 0 Å². The number of nitrogens with one attached hydrogen (secondary N) is 2. The number of H-pyrrole nitrogens is 1. The summed E-state index contributed by atoms with van der Waals surface area (Å²) in [5.41, 5.74) is 4.66. The summed E-state index contributed by atoms with van der Waals surface area (Å²) in [5, 5.41) is 10.7. The second-order valence-corrected chi connectivity index (χ2v) is 7.01. The van der Waals surface area contributed by atoms with Crippen molar-refractivity contribution < 1.29 is 4.79 Å².